The Morgan fingerprint density at radius 1 is 0.600 bits per heavy atom. The van der Waals surface area contributed by atoms with Gasteiger partial charge in [0, 0.05) is 71.3 Å². The minimum atomic E-state index is 1.01. The Morgan fingerprint density at radius 2 is 1.34 bits per heavy atom. The van der Waals surface area contributed by atoms with E-state index in [2.05, 4.69) is 109 Å². The van der Waals surface area contributed by atoms with Gasteiger partial charge in [-0.15, -0.1) is 0 Å². The lowest BCUT2D eigenvalue weighted by molar-refractivity contribution is 0.893. The Bertz CT molecular complexity index is 1880. The third kappa shape index (κ3) is 2.39. The van der Waals surface area contributed by atoms with Gasteiger partial charge in [-0.05, 0) is 52.9 Å². The summed E-state index contributed by atoms with van der Waals surface area (Å²) in [5.74, 6) is 0. The molecule has 2 nitrogen and oxygen atoms in total. The molecule has 8 rings (SSSR count). The van der Waals surface area contributed by atoms with Crippen LogP contribution in [0.3, 0.4) is 0 Å². The minimum absolute atomic E-state index is 1.01. The average molecular weight is 451 g/mol. The molecule has 168 valence electrons. The van der Waals surface area contributed by atoms with Crippen molar-refractivity contribution >= 4 is 21.8 Å². The quantitative estimate of drug-likeness (QED) is 0.242. The zero-order valence-electron chi connectivity index (χ0n) is 20.3. The maximum absolute atomic E-state index is 2.45. The molecule has 0 saturated heterocycles. The summed E-state index contributed by atoms with van der Waals surface area (Å²) in [6, 6.07) is 29.7. The molecule has 0 spiro atoms. The first-order valence-electron chi connectivity index (χ1n) is 12.5. The molecule has 0 radical (unpaired) electrons. The second-order valence-electron chi connectivity index (χ2n) is 10.4. The van der Waals surface area contributed by atoms with Crippen molar-refractivity contribution in [3.05, 3.63) is 107 Å². The smallest absolute Gasteiger partial charge is 0.0566 e. The van der Waals surface area contributed by atoms with E-state index in [-0.39, 0.29) is 0 Å². The van der Waals surface area contributed by atoms with E-state index in [9.17, 15) is 0 Å². The molecule has 6 aromatic rings. The van der Waals surface area contributed by atoms with Crippen LogP contribution in [0.1, 0.15) is 28.1 Å². The van der Waals surface area contributed by atoms with Crippen molar-refractivity contribution in [3.63, 3.8) is 0 Å². The summed E-state index contributed by atoms with van der Waals surface area (Å²) in [4.78, 5) is 0. The summed E-state index contributed by atoms with van der Waals surface area (Å²) in [6.07, 6.45) is 2.02. The maximum atomic E-state index is 2.45. The van der Waals surface area contributed by atoms with Crippen molar-refractivity contribution in [1.29, 1.82) is 0 Å². The molecule has 0 aliphatic heterocycles. The third-order valence-corrected chi connectivity index (χ3v) is 8.50. The van der Waals surface area contributed by atoms with Gasteiger partial charge in [0.05, 0.1) is 5.52 Å². The molecule has 2 heterocycles. The Labute approximate surface area is 205 Å². The van der Waals surface area contributed by atoms with Gasteiger partial charge in [-0.1, -0.05) is 66.2 Å². The van der Waals surface area contributed by atoms with Crippen LogP contribution >= 0.6 is 0 Å². The van der Waals surface area contributed by atoms with Crippen LogP contribution < -0.4 is 0 Å². The predicted octanol–water partition coefficient (Wildman–Crippen LogP) is 7.79. The molecule has 2 aliphatic carbocycles. The highest BCUT2D eigenvalue weighted by Crippen LogP contribution is 2.48. The lowest BCUT2D eigenvalue weighted by Crippen LogP contribution is -1.96. The molecule has 0 amide bonds. The number of aromatic nitrogens is 2. The molecule has 0 N–H and O–H groups in total. The molecule has 2 heteroatoms. The number of para-hydroxylation sites is 1. The molecule has 2 aromatic heterocycles. The van der Waals surface area contributed by atoms with Crippen molar-refractivity contribution in [3.8, 4) is 33.4 Å². The highest BCUT2D eigenvalue weighted by molar-refractivity contribution is 6.08. The Kier molecular flexibility index (Phi) is 3.61. The van der Waals surface area contributed by atoms with E-state index in [1.165, 1.54) is 83.3 Å². The summed E-state index contributed by atoms with van der Waals surface area (Å²) in [7, 11) is 4.46. The SMILES string of the molecule is Cc1ccc2c(c1)c1c(n2C)Cc2ccc(-c3cccc4c5c(n(C)c34)Cc3ccccc3-5)cc2-1. The second-order valence-corrected chi connectivity index (χ2v) is 10.4. The van der Waals surface area contributed by atoms with Crippen LogP contribution in [0.25, 0.3) is 55.2 Å². The zero-order valence-corrected chi connectivity index (χ0v) is 20.3. The molecule has 0 saturated carbocycles. The van der Waals surface area contributed by atoms with Gasteiger partial charge < -0.3 is 9.13 Å². The van der Waals surface area contributed by atoms with Crippen molar-refractivity contribution in [2.24, 2.45) is 14.1 Å². The van der Waals surface area contributed by atoms with E-state index in [1.807, 2.05) is 0 Å². The molecule has 0 unspecified atom stereocenters. The van der Waals surface area contributed by atoms with Gasteiger partial charge in [-0.3, -0.25) is 0 Å². The summed E-state index contributed by atoms with van der Waals surface area (Å²) in [5.41, 5.74) is 18.0. The van der Waals surface area contributed by atoms with E-state index in [4.69, 9.17) is 0 Å². The van der Waals surface area contributed by atoms with Crippen molar-refractivity contribution < 1.29 is 0 Å². The molecular weight excluding hydrogens is 424 g/mol. The fraction of sp³-hybridized carbons (Fsp3) is 0.152. The van der Waals surface area contributed by atoms with Gasteiger partial charge in [0.15, 0.2) is 0 Å². The number of hydrogen-bond acceptors (Lipinski definition) is 0. The molecule has 4 aromatic carbocycles. The largest absolute Gasteiger partial charge is 0.347 e. The Morgan fingerprint density at radius 3 is 2.23 bits per heavy atom. The zero-order chi connectivity index (χ0) is 23.4. The summed E-state index contributed by atoms with van der Waals surface area (Å²) >= 11 is 0. The van der Waals surface area contributed by atoms with E-state index in [1.54, 1.807) is 0 Å². The minimum Gasteiger partial charge on any atom is -0.347 e. The summed E-state index contributed by atoms with van der Waals surface area (Å²) in [6.45, 7) is 2.19. The van der Waals surface area contributed by atoms with Gasteiger partial charge in [0.1, 0.15) is 0 Å². The number of hydrogen-bond donors (Lipinski definition) is 0. The standard InChI is InChI=1S/C33H26N2/c1-19-11-14-28-27(15-19)32-26-16-21(12-13-22(26)18-29(32)34(28)2)24-9-6-10-25-31-23-8-5-4-7-20(23)17-30(31)35(3)33(24)25/h4-16H,17-18H2,1-3H3. The first-order valence-corrected chi connectivity index (χ1v) is 12.5. The topological polar surface area (TPSA) is 9.86 Å². The van der Waals surface area contributed by atoms with Crippen LogP contribution in [0.2, 0.25) is 0 Å². The van der Waals surface area contributed by atoms with E-state index < -0.39 is 0 Å². The first-order chi connectivity index (χ1) is 17.1. The molecule has 35 heavy (non-hydrogen) atoms. The third-order valence-electron chi connectivity index (χ3n) is 8.50. The van der Waals surface area contributed by atoms with Crippen molar-refractivity contribution in [1.82, 2.24) is 9.13 Å². The monoisotopic (exact) mass is 450 g/mol. The van der Waals surface area contributed by atoms with Gasteiger partial charge in [0.2, 0.25) is 0 Å². The van der Waals surface area contributed by atoms with Crippen molar-refractivity contribution in [2.45, 2.75) is 19.8 Å². The molecule has 2 aliphatic rings. The summed E-state index contributed by atoms with van der Waals surface area (Å²) < 4.78 is 4.84. The number of nitrogens with zero attached hydrogens (tertiary/aromatic N) is 2. The van der Waals surface area contributed by atoms with Crippen LogP contribution in [0.4, 0.5) is 0 Å². The van der Waals surface area contributed by atoms with Gasteiger partial charge >= 0.3 is 0 Å². The predicted molar refractivity (Wildman–Crippen MR) is 146 cm³/mol. The van der Waals surface area contributed by atoms with Gasteiger partial charge in [-0.2, -0.15) is 0 Å². The second kappa shape index (κ2) is 6.55. The fourth-order valence-corrected chi connectivity index (χ4v) is 6.83. The van der Waals surface area contributed by atoms with Gasteiger partial charge in [-0.25, -0.2) is 0 Å². The number of aryl methyl sites for hydroxylation is 3. The normalized spacial score (nSPS) is 13.3. The number of benzene rings is 4. The lowest BCUT2D eigenvalue weighted by atomic mass is 9.95. The van der Waals surface area contributed by atoms with E-state index in [0.717, 1.165) is 12.8 Å². The van der Waals surface area contributed by atoms with Crippen LogP contribution in [-0.2, 0) is 26.9 Å². The van der Waals surface area contributed by atoms with Crippen LogP contribution in [0.15, 0.2) is 78.9 Å². The number of fused-ring (bicyclic) bond motifs is 10. The molecular formula is C33H26N2. The Balaban J connectivity index is 1.37. The van der Waals surface area contributed by atoms with Crippen molar-refractivity contribution in [2.75, 3.05) is 0 Å². The average Bonchev–Trinajstić information content (AvgIpc) is 3.58. The van der Waals surface area contributed by atoms with Crippen LogP contribution in [0, 0.1) is 6.92 Å². The molecule has 0 atom stereocenters. The highest BCUT2D eigenvalue weighted by atomic mass is 15.0. The van der Waals surface area contributed by atoms with E-state index >= 15 is 0 Å². The van der Waals surface area contributed by atoms with E-state index in [0.29, 0.717) is 0 Å². The summed E-state index contributed by atoms with van der Waals surface area (Å²) in [5, 5.41) is 2.75. The highest BCUT2D eigenvalue weighted by Gasteiger charge is 2.28. The fourth-order valence-electron chi connectivity index (χ4n) is 6.83. The Hall–Kier alpha value is -4.04. The molecule has 0 fully saturated rings. The number of rotatable bonds is 1. The van der Waals surface area contributed by atoms with Crippen LogP contribution in [0.5, 0.6) is 0 Å². The van der Waals surface area contributed by atoms with Crippen LogP contribution in [-0.4, -0.2) is 9.13 Å². The van der Waals surface area contributed by atoms with Gasteiger partial charge in [0.25, 0.3) is 0 Å². The molecule has 0 bridgehead atoms. The maximum Gasteiger partial charge on any atom is 0.0566 e. The lowest BCUT2D eigenvalue weighted by Gasteiger charge is -2.11. The first kappa shape index (κ1) is 19.3.